The van der Waals surface area contributed by atoms with Gasteiger partial charge in [0.25, 0.3) is 0 Å². The molecule has 22 heavy (non-hydrogen) atoms. The topological polar surface area (TPSA) is 47.6 Å². The maximum atomic E-state index is 12.3. The van der Waals surface area contributed by atoms with E-state index >= 15 is 0 Å². The van der Waals surface area contributed by atoms with Gasteiger partial charge in [-0.1, -0.05) is 30.9 Å². The second-order valence-electron chi connectivity index (χ2n) is 5.59. The van der Waals surface area contributed by atoms with Crippen LogP contribution in [0.25, 0.3) is 0 Å². The average molecular weight is 326 g/mol. The van der Waals surface area contributed by atoms with E-state index in [4.69, 9.17) is 21.1 Å². The summed E-state index contributed by atoms with van der Waals surface area (Å²) >= 11 is 5.84. The zero-order chi connectivity index (χ0) is 15.8. The molecule has 1 saturated carbocycles. The minimum absolute atomic E-state index is 0.124. The molecule has 1 aromatic carbocycles. The van der Waals surface area contributed by atoms with E-state index in [9.17, 15) is 4.79 Å². The number of carbonyl (C=O) groups excluding carboxylic acids is 1. The summed E-state index contributed by atoms with van der Waals surface area (Å²) in [4.78, 5) is 12.3. The highest BCUT2D eigenvalue weighted by atomic mass is 35.5. The minimum Gasteiger partial charge on any atom is -0.492 e. The van der Waals surface area contributed by atoms with E-state index in [-0.39, 0.29) is 5.97 Å². The van der Waals surface area contributed by atoms with Gasteiger partial charge in [0, 0.05) is 11.6 Å². The first-order valence-electron chi connectivity index (χ1n) is 7.97. The number of hydrogen-bond acceptors (Lipinski definition) is 4. The predicted molar refractivity (Wildman–Crippen MR) is 87.4 cm³/mol. The van der Waals surface area contributed by atoms with Crippen LogP contribution in [0, 0.1) is 0 Å². The third-order valence-corrected chi connectivity index (χ3v) is 4.27. The van der Waals surface area contributed by atoms with E-state index in [1.807, 2.05) is 19.1 Å². The Morgan fingerprint density at radius 1 is 1.23 bits per heavy atom. The minimum atomic E-state index is -0.530. The van der Waals surface area contributed by atoms with Crippen LogP contribution in [-0.2, 0) is 9.53 Å². The van der Waals surface area contributed by atoms with Crippen LogP contribution in [0.4, 0.5) is 0 Å². The van der Waals surface area contributed by atoms with Crippen molar-refractivity contribution in [1.29, 1.82) is 0 Å². The molecule has 0 spiro atoms. The van der Waals surface area contributed by atoms with Gasteiger partial charge in [0.05, 0.1) is 6.61 Å². The van der Waals surface area contributed by atoms with Gasteiger partial charge in [0.15, 0.2) is 0 Å². The molecule has 0 radical (unpaired) electrons. The van der Waals surface area contributed by atoms with E-state index in [0.29, 0.717) is 24.8 Å². The van der Waals surface area contributed by atoms with Crippen molar-refractivity contribution in [3.63, 3.8) is 0 Å². The van der Waals surface area contributed by atoms with Gasteiger partial charge < -0.3 is 9.47 Å². The lowest BCUT2D eigenvalue weighted by atomic mass is 9.81. The summed E-state index contributed by atoms with van der Waals surface area (Å²) in [5.74, 6) is 0.654. The number of rotatable bonds is 7. The molecular weight excluding hydrogens is 302 g/mol. The van der Waals surface area contributed by atoms with Crippen molar-refractivity contribution in [1.82, 2.24) is 5.32 Å². The van der Waals surface area contributed by atoms with E-state index in [1.165, 1.54) is 6.42 Å². The molecule has 0 aromatic heterocycles. The number of carbonyl (C=O) groups is 1. The zero-order valence-electron chi connectivity index (χ0n) is 13.1. The predicted octanol–water partition coefficient (Wildman–Crippen LogP) is 3.57. The Hall–Kier alpha value is -1.26. The fourth-order valence-corrected chi connectivity index (χ4v) is 2.99. The van der Waals surface area contributed by atoms with Gasteiger partial charge in [0.1, 0.15) is 17.9 Å². The smallest absolute Gasteiger partial charge is 0.326 e. The van der Waals surface area contributed by atoms with Gasteiger partial charge in [-0.25, -0.2) is 0 Å². The van der Waals surface area contributed by atoms with Gasteiger partial charge in [-0.05, 0) is 44.0 Å². The van der Waals surface area contributed by atoms with E-state index in [0.717, 1.165) is 31.4 Å². The quantitative estimate of drug-likeness (QED) is 0.615. The highest BCUT2D eigenvalue weighted by molar-refractivity contribution is 6.30. The molecule has 1 aliphatic rings. The van der Waals surface area contributed by atoms with Crippen molar-refractivity contribution >= 4 is 17.6 Å². The van der Waals surface area contributed by atoms with Crippen LogP contribution < -0.4 is 10.1 Å². The van der Waals surface area contributed by atoms with Gasteiger partial charge in [0.2, 0.25) is 0 Å². The Bertz CT molecular complexity index is 469. The molecule has 1 N–H and O–H groups in total. The number of ether oxygens (including phenoxy) is 2. The Balaban J connectivity index is 1.83. The van der Waals surface area contributed by atoms with Crippen molar-refractivity contribution in [3.05, 3.63) is 29.3 Å². The third kappa shape index (κ3) is 4.62. The molecular formula is C17H24ClNO3. The summed E-state index contributed by atoms with van der Waals surface area (Å²) in [6.07, 6.45) is 4.98. The molecule has 0 bridgehead atoms. The van der Waals surface area contributed by atoms with Crippen LogP contribution in [0.1, 0.15) is 39.0 Å². The van der Waals surface area contributed by atoms with Crippen LogP contribution in [0.2, 0.25) is 5.02 Å². The first-order valence-corrected chi connectivity index (χ1v) is 8.35. The Morgan fingerprint density at radius 3 is 2.55 bits per heavy atom. The fourth-order valence-electron chi connectivity index (χ4n) is 2.87. The fraction of sp³-hybridized carbons (Fsp3) is 0.588. The maximum Gasteiger partial charge on any atom is 0.326 e. The van der Waals surface area contributed by atoms with Crippen molar-refractivity contribution in [3.8, 4) is 5.75 Å². The first-order chi connectivity index (χ1) is 10.7. The molecule has 122 valence electrons. The number of esters is 1. The average Bonchev–Trinajstić information content (AvgIpc) is 2.54. The summed E-state index contributed by atoms with van der Waals surface area (Å²) in [6, 6.07) is 7.27. The van der Waals surface area contributed by atoms with Gasteiger partial charge in [-0.2, -0.15) is 0 Å². The van der Waals surface area contributed by atoms with Crippen LogP contribution in [0.3, 0.4) is 0 Å². The largest absolute Gasteiger partial charge is 0.492 e. The number of benzene rings is 1. The highest BCUT2D eigenvalue weighted by Gasteiger charge is 2.40. The normalized spacial score (nSPS) is 17.0. The molecule has 0 atom stereocenters. The molecule has 5 heteroatoms. The van der Waals surface area contributed by atoms with Gasteiger partial charge in [-0.15, -0.1) is 0 Å². The molecule has 1 aliphatic carbocycles. The van der Waals surface area contributed by atoms with Crippen molar-refractivity contribution in [2.45, 2.75) is 44.6 Å². The molecule has 1 fully saturated rings. The van der Waals surface area contributed by atoms with E-state index < -0.39 is 5.54 Å². The zero-order valence-corrected chi connectivity index (χ0v) is 13.8. The second-order valence-corrected chi connectivity index (χ2v) is 6.03. The molecule has 4 nitrogen and oxygen atoms in total. The second kappa shape index (κ2) is 8.39. The van der Waals surface area contributed by atoms with Crippen molar-refractivity contribution < 1.29 is 14.3 Å². The first kappa shape index (κ1) is 17.1. The highest BCUT2D eigenvalue weighted by Crippen LogP contribution is 2.29. The Labute approximate surface area is 137 Å². The summed E-state index contributed by atoms with van der Waals surface area (Å²) in [7, 11) is 0. The molecule has 0 heterocycles. The summed E-state index contributed by atoms with van der Waals surface area (Å²) < 4.78 is 10.9. The molecule has 0 unspecified atom stereocenters. The SMILES string of the molecule is CCOC(=O)C1(NCCOc2ccc(Cl)cc2)CCCCC1. The third-order valence-electron chi connectivity index (χ3n) is 4.02. The molecule has 0 saturated heterocycles. The lowest BCUT2D eigenvalue weighted by Gasteiger charge is -2.35. The van der Waals surface area contributed by atoms with Crippen molar-refractivity contribution in [2.24, 2.45) is 0 Å². The van der Waals surface area contributed by atoms with Crippen LogP contribution in [0.15, 0.2) is 24.3 Å². The monoisotopic (exact) mass is 325 g/mol. The van der Waals surface area contributed by atoms with Gasteiger partial charge in [-0.3, -0.25) is 10.1 Å². The van der Waals surface area contributed by atoms with Gasteiger partial charge >= 0.3 is 5.97 Å². The van der Waals surface area contributed by atoms with Crippen LogP contribution >= 0.6 is 11.6 Å². The molecule has 0 amide bonds. The standard InChI is InChI=1S/C17H24ClNO3/c1-2-21-16(20)17(10-4-3-5-11-17)19-12-13-22-15-8-6-14(18)7-9-15/h6-9,19H,2-5,10-13H2,1H3. The van der Waals surface area contributed by atoms with E-state index in [1.54, 1.807) is 12.1 Å². The molecule has 2 rings (SSSR count). The van der Waals surface area contributed by atoms with Crippen molar-refractivity contribution in [2.75, 3.05) is 19.8 Å². The number of hydrogen-bond donors (Lipinski definition) is 1. The summed E-state index contributed by atoms with van der Waals surface area (Å²) in [5.41, 5.74) is -0.530. The number of nitrogens with one attached hydrogen (secondary N) is 1. The summed E-state index contributed by atoms with van der Waals surface area (Å²) in [6.45, 7) is 3.38. The number of halogens is 1. The van der Waals surface area contributed by atoms with Crippen LogP contribution in [0.5, 0.6) is 5.75 Å². The maximum absolute atomic E-state index is 12.3. The summed E-state index contributed by atoms with van der Waals surface area (Å²) in [5, 5.41) is 4.06. The molecule has 0 aliphatic heterocycles. The molecule has 1 aromatic rings. The van der Waals surface area contributed by atoms with Crippen LogP contribution in [-0.4, -0.2) is 31.3 Å². The Morgan fingerprint density at radius 2 is 1.91 bits per heavy atom. The lowest BCUT2D eigenvalue weighted by Crippen LogP contribution is -2.55. The Kier molecular flexibility index (Phi) is 6.52. The van der Waals surface area contributed by atoms with E-state index in [2.05, 4.69) is 5.32 Å². The lowest BCUT2D eigenvalue weighted by molar-refractivity contribution is -0.152.